The fourth-order valence-corrected chi connectivity index (χ4v) is 5.46. The first-order valence-electron chi connectivity index (χ1n) is 14.9. The van der Waals surface area contributed by atoms with Gasteiger partial charge in [0.05, 0.1) is 18.3 Å². The van der Waals surface area contributed by atoms with Gasteiger partial charge in [0.2, 0.25) is 0 Å². The Hall–Kier alpha value is -2.14. The van der Waals surface area contributed by atoms with Crippen molar-refractivity contribution in [1.29, 1.82) is 0 Å². The molecule has 38 heavy (non-hydrogen) atoms. The van der Waals surface area contributed by atoms with E-state index in [0.29, 0.717) is 11.7 Å². The fraction of sp³-hybridized carbons (Fsp3) is 0.636. The zero-order chi connectivity index (χ0) is 26.0. The number of rotatable bonds is 21. The molecular formula is C33H52N2O2S. The van der Waals surface area contributed by atoms with Crippen molar-refractivity contribution in [2.24, 2.45) is 5.92 Å². The summed E-state index contributed by atoms with van der Waals surface area (Å²) in [4.78, 5) is 0. The molecule has 0 amide bonds. The number of benzene rings is 2. The number of nitrogens with zero attached hydrogens (tertiary/aromatic N) is 2. The molecule has 0 aliphatic rings. The molecule has 1 unspecified atom stereocenters. The minimum atomic E-state index is 0. The molecule has 5 heteroatoms. The molecule has 0 radical (unpaired) electrons. The van der Waals surface area contributed by atoms with E-state index in [1.807, 2.05) is 42.5 Å². The zero-order valence-corrected chi connectivity index (χ0v) is 24.1. The van der Waals surface area contributed by atoms with Crippen LogP contribution >= 0.6 is 11.7 Å². The first kappa shape index (κ1) is 32.1. The number of hydrogen-bond acceptors (Lipinski definition) is 5. The van der Waals surface area contributed by atoms with Crippen LogP contribution in [-0.4, -0.2) is 15.4 Å². The van der Waals surface area contributed by atoms with Gasteiger partial charge in [-0.1, -0.05) is 129 Å². The Bertz CT molecular complexity index is 976. The van der Waals surface area contributed by atoms with Crippen LogP contribution in [0.2, 0.25) is 0 Å². The second kappa shape index (κ2) is 19.9. The van der Waals surface area contributed by atoms with Crippen LogP contribution in [0.25, 0.3) is 11.0 Å². The summed E-state index contributed by atoms with van der Waals surface area (Å²) in [5.41, 5.74) is 1.63. The van der Waals surface area contributed by atoms with Crippen molar-refractivity contribution in [3.05, 3.63) is 42.5 Å². The smallest absolute Gasteiger partial charge is 0.198 e. The van der Waals surface area contributed by atoms with Crippen LogP contribution in [0.3, 0.4) is 0 Å². The van der Waals surface area contributed by atoms with Crippen LogP contribution in [0.4, 0.5) is 0 Å². The lowest BCUT2D eigenvalue weighted by Gasteiger charge is -2.19. The quantitative estimate of drug-likeness (QED) is 0.126. The maximum absolute atomic E-state index is 6.48. The Morgan fingerprint density at radius 1 is 0.684 bits per heavy atom. The van der Waals surface area contributed by atoms with Crippen molar-refractivity contribution < 1.29 is 9.47 Å². The minimum Gasteiger partial charge on any atom is -0.489 e. The van der Waals surface area contributed by atoms with Crippen molar-refractivity contribution in [2.45, 2.75) is 124 Å². The molecule has 0 spiro atoms. The number of fused-ring (bicyclic) bond motifs is 1. The molecule has 212 valence electrons. The van der Waals surface area contributed by atoms with Gasteiger partial charge in [-0.25, -0.2) is 0 Å². The van der Waals surface area contributed by atoms with E-state index in [0.717, 1.165) is 29.1 Å². The Morgan fingerprint density at radius 2 is 1.26 bits per heavy atom. The summed E-state index contributed by atoms with van der Waals surface area (Å²) >= 11 is 1.22. The lowest BCUT2D eigenvalue weighted by molar-refractivity contribution is 0.218. The van der Waals surface area contributed by atoms with Crippen LogP contribution in [-0.2, 0) is 0 Å². The molecular weight excluding hydrogens is 488 g/mol. The Kier molecular flexibility index (Phi) is 16.8. The highest BCUT2D eigenvalue weighted by atomic mass is 32.1. The van der Waals surface area contributed by atoms with Gasteiger partial charge in [0, 0.05) is 0 Å². The van der Waals surface area contributed by atoms with Gasteiger partial charge < -0.3 is 9.47 Å². The van der Waals surface area contributed by atoms with Crippen molar-refractivity contribution in [2.75, 3.05) is 6.61 Å². The second-order valence-electron chi connectivity index (χ2n) is 10.4. The Morgan fingerprint density at radius 3 is 1.87 bits per heavy atom. The standard InChI is InChI=1S/C32H48N2O2S.CH4/c1-3-5-7-9-11-12-14-17-21-27(20-16-13-10-8-6-4-2)26-35-30-25-24-29-31(34-37-33-29)32(30)36-28-22-18-15-19-23-28;/h15,18-19,22-25,27H,3-14,16-17,20-21,26H2,1-2H3;1H4. The van der Waals surface area contributed by atoms with Crippen molar-refractivity contribution in [1.82, 2.24) is 8.75 Å². The monoisotopic (exact) mass is 540 g/mol. The predicted octanol–water partition coefficient (Wildman–Crippen LogP) is 11.4. The largest absolute Gasteiger partial charge is 0.489 e. The maximum atomic E-state index is 6.48. The van der Waals surface area contributed by atoms with Gasteiger partial charge in [-0.3, -0.25) is 0 Å². The van der Waals surface area contributed by atoms with E-state index in [1.54, 1.807) is 0 Å². The Labute approximate surface area is 236 Å². The highest BCUT2D eigenvalue weighted by Gasteiger charge is 2.17. The fourth-order valence-electron chi connectivity index (χ4n) is 4.93. The molecule has 0 saturated carbocycles. The van der Waals surface area contributed by atoms with Gasteiger partial charge in [0.25, 0.3) is 0 Å². The molecule has 3 rings (SSSR count). The van der Waals surface area contributed by atoms with Crippen molar-refractivity contribution >= 4 is 22.8 Å². The summed E-state index contributed by atoms with van der Waals surface area (Å²) in [6.07, 6.45) is 21.5. The van der Waals surface area contributed by atoms with Gasteiger partial charge in [0.15, 0.2) is 17.0 Å². The number of unbranched alkanes of at least 4 members (excludes halogenated alkanes) is 12. The molecule has 4 nitrogen and oxygen atoms in total. The Balaban J connectivity index is 0.00000507. The molecule has 1 atom stereocenters. The van der Waals surface area contributed by atoms with Crippen LogP contribution in [0, 0.1) is 5.92 Å². The second-order valence-corrected chi connectivity index (χ2v) is 11.0. The lowest BCUT2D eigenvalue weighted by Crippen LogP contribution is -2.13. The van der Waals surface area contributed by atoms with Gasteiger partial charge in [-0.05, 0) is 43.0 Å². The van der Waals surface area contributed by atoms with Gasteiger partial charge >= 0.3 is 0 Å². The third-order valence-electron chi connectivity index (χ3n) is 7.21. The first-order chi connectivity index (χ1) is 18.3. The van der Waals surface area contributed by atoms with E-state index < -0.39 is 0 Å². The topological polar surface area (TPSA) is 44.2 Å². The average molecular weight is 541 g/mol. The minimum absolute atomic E-state index is 0. The highest BCUT2D eigenvalue weighted by Crippen LogP contribution is 2.38. The average Bonchev–Trinajstić information content (AvgIpc) is 3.41. The summed E-state index contributed by atoms with van der Waals surface area (Å²) in [7, 11) is 0. The first-order valence-corrected chi connectivity index (χ1v) is 15.7. The summed E-state index contributed by atoms with van der Waals surface area (Å²) in [6.45, 7) is 5.31. The van der Waals surface area contributed by atoms with E-state index in [2.05, 4.69) is 22.6 Å². The third-order valence-corrected chi connectivity index (χ3v) is 7.76. The molecule has 0 fully saturated rings. The van der Waals surface area contributed by atoms with E-state index in [1.165, 1.54) is 114 Å². The SMILES string of the molecule is C.CCCCCCCCCCC(CCCCCCCC)COc1ccc2nsnc2c1Oc1ccccc1. The normalized spacial score (nSPS) is 11.8. The molecule has 3 aromatic rings. The van der Waals surface area contributed by atoms with Crippen LogP contribution in [0.5, 0.6) is 17.2 Å². The molecule has 1 heterocycles. The number of para-hydroxylation sites is 1. The van der Waals surface area contributed by atoms with Crippen molar-refractivity contribution in [3.8, 4) is 17.2 Å². The molecule has 0 N–H and O–H groups in total. The van der Waals surface area contributed by atoms with E-state index in [-0.39, 0.29) is 7.43 Å². The summed E-state index contributed by atoms with van der Waals surface area (Å²) in [6, 6.07) is 13.9. The molecule has 0 aliphatic carbocycles. The summed E-state index contributed by atoms with van der Waals surface area (Å²) < 4.78 is 21.7. The number of ether oxygens (including phenoxy) is 2. The van der Waals surface area contributed by atoms with Crippen molar-refractivity contribution in [3.63, 3.8) is 0 Å². The van der Waals surface area contributed by atoms with Gasteiger partial charge in [0.1, 0.15) is 11.3 Å². The lowest BCUT2D eigenvalue weighted by atomic mass is 9.94. The van der Waals surface area contributed by atoms with Crippen LogP contribution in [0.1, 0.15) is 124 Å². The van der Waals surface area contributed by atoms with Gasteiger partial charge in [-0.15, -0.1) is 0 Å². The van der Waals surface area contributed by atoms with Gasteiger partial charge in [-0.2, -0.15) is 8.75 Å². The molecule has 0 aliphatic heterocycles. The number of hydrogen-bond donors (Lipinski definition) is 0. The van der Waals surface area contributed by atoms with E-state index >= 15 is 0 Å². The number of aromatic nitrogens is 2. The van der Waals surface area contributed by atoms with Crippen LogP contribution < -0.4 is 9.47 Å². The molecule has 2 aromatic carbocycles. The molecule has 1 aromatic heterocycles. The third kappa shape index (κ3) is 11.7. The maximum Gasteiger partial charge on any atom is 0.198 e. The molecule has 0 bridgehead atoms. The summed E-state index contributed by atoms with van der Waals surface area (Å²) in [5, 5.41) is 0. The summed E-state index contributed by atoms with van der Waals surface area (Å²) in [5.74, 6) is 2.83. The zero-order valence-electron chi connectivity index (χ0n) is 23.3. The molecule has 0 saturated heterocycles. The van der Waals surface area contributed by atoms with E-state index in [4.69, 9.17) is 9.47 Å². The predicted molar refractivity (Wildman–Crippen MR) is 165 cm³/mol. The van der Waals surface area contributed by atoms with E-state index in [9.17, 15) is 0 Å². The highest BCUT2D eigenvalue weighted by molar-refractivity contribution is 7.00. The van der Waals surface area contributed by atoms with Crippen LogP contribution in [0.15, 0.2) is 42.5 Å².